The zero-order valence-corrected chi connectivity index (χ0v) is 30.8. The van der Waals surface area contributed by atoms with Gasteiger partial charge in [-0.3, -0.25) is 24.0 Å². The largest absolute Gasteiger partial charge is 0.472 e. The maximum Gasteiger partial charge on any atom is 0.314 e. The van der Waals surface area contributed by atoms with Gasteiger partial charge in [-0.25, -0.2) is 0 Å². The van der Waals surface area contributed by atoms with Gasteiger partial charge in [0, 0.05) is 55.3 Å². The van der Waals surface area contributed by atoms with E-state index < -0.39 is 99.8 Å². The Hall–Kier alpha value is -3.67. The number of rotatable bonds is 8. The van der Waals surface area contributed by atoms with Crippen molar-refractivity contribution in [2.45, 2.75) is 124 Å². The topological polar surface area (TPSA) is 165 Å². The van der Waals surface area contributed by atoms with Crippen molar-refractivity contribution in [2.75, 3.05) is 7.11 Å². The number of furan rings is 1. The molecule has 4 aliphatic carbocycles. The first-order chi connectivity index (χ1) is 23.3. The zero-order valence-electron chi connectivity index (χ0n) is 30.8. The van der Waals surface area contributed by atoms with Crippen molar-refractivity contribution in [1.29, 1.82) is 0 Å². The molecule has 0 amide bonds. The van der Waals surface area contributed by atoms with Gasteiger partial charge in [0.1, 0.15) is 24.4 Å². The number of fused-ring (bicyclic) bond motifs is 5. The third kappa shape index (κ3) is 5.38. The summed E-state index contributed by atoms with van der Waals surface area (Å²) < 4.78 is 36.0. The summed E-state index contributed by atoms with van der Waals surface area (Å²) in [7, 11) is 1.24. The Labute approximate surface area is 293 Å². The fourth-order valence-corrected chi connectivity index (χ4v) is 10.7. The summed E-state index contributed by atoms with van der Waals surface area (Å²) in [6.45, 7) is 14.9. The van der Waals surface area contributed by atoms with E-state index in [0.717, 1.165) is 11.1 Å². The molecule has 12 heteroatoms. The SMILES string of the molecule is CCC(C)C(=O)O[C@H]1[C@H](OC(C)=O)C2[C@]3(C)C(C[C@@H](OC(C)=O)[C@@]2(C)C2=CC[C@@H](c4ccoc4)[C@@]21C)[C@](C)(C(=O)OC)[C@H](O)C[C@@H]3OC(C)=O. The minimum Gasteiger partial charge on any atom is -0.472 e. The van der Waals surface area contributed by atoms with Crippen molar-refractivity contribution in [3.63, 3.8) is 0 Å². The molecule has 3 fully saturated rings. The van der Waals surface area contributed by atoms with Crippen LogP contribution >= 0.6 is 0 Å². The van der Waals surface area contributed by atoms with Gasteiger partial charge in [-0.1, -0.05) is 46.3 Å². The number of aliphatic hydroxyl groups is 1. The van der Waals surface area contributed by atoms with E-state index in [0.29, 0.717) is 12.8 Å². The highest BCUT2D eigenvalue weighted by molar-refractivity contribution is 5.78. The Morgan fingerprint density at radius 3 is 2.08 bits per heavy atom. The summed E-state index contributed by atoms with van der Waals surface area (Å²) in [6, 6.07) is 1.86. The van der Waals surface area contributed by atoms with Crippen LogP contribution < -0.4 is 0 Å². The Morgan fingerprint density at radius 2 is 1.54 bits per heavy atom. The van der Waals surface area contributed by atoms with E-state index in [-0.39, 0.29) is 18.8 Å². The van der Waals surface area contributed by atoms with Crippen LogP contribution in [0.5, 0.6) is 0 Å². The third-order valence-corrected chi connectivity index (χ3v) is 13.1. The first kappa shape index (κ1) is 37.6. The summed E-state index contributed by atoms with van der Waals surface area (Å²) in [5, 5.41) is 11.7. The van der Waals surface area contributed by atoms with E-state index in [1.807, 2.05) is 33.8 Å². The maximum atomic E-state index is 13.9. The molecular formula is C38H52O12. The highest BCUT2D eigenvalue weighted by Crippen LogP contribution is 2.75. The molecule has 1 aromatic rings. The predicted octanol–water partition coefficient (Wildman–Crippen LogP) is 5.06. The van der Waals surface area contributed by atoms with Crippen LogP contribution in [0, 0.1) is 39.4 Å². The normalized spacial score (nSPS) is 40.9. The standard InChI is InChI=1S/C38H52O12/c1-11-19(2)33(43)50-32-30(49-22(5)41)31-37(8,25-13-12-24(35(25,32)6)23-14-15-46-18-23)28(47-20(3)39)16-26-36(7,34(44)45-10)27(42)17-29(38(26,31)9)48-21(4)40/h13-15,18-19,24,26-32,42H,11-12,16-17H2,1-10H3/t19?,24-,26?,27+,28+,29-,30+,31?,32-,35-,36-,37+,38+/m0/s1. The molecule has 0 aliphatic heterocycles. The monoisotopic (exact) mass is 700 g/mol. The fourth-order valence-electron chi connectivity index (χ4n) is 10.7. The van der Waals surface area contributed by atoms with E-state index in [1.165, 1.54) is 27.9 Å². The van der Waals surface area contributed by atoms with Crippen LogP contribution in [0.3, 0.4) is 0 Å². The average molecular weight is 701 g/mol. The van der Waals surface area contributed by atoms with Crippen molar-refractivity contribution in [2.24, 2.45) is 39.4 Å². The molecule has 0 spiro atoms. The number of hydrogen-bond donors (Lipinski definition) is 1. The number of carbonyl (C=O) groups is 5. The number of esters is 5. The number of methoxy groups -OCH3 is 1. The van der Waals surface area contributed by atoms with Gasteiger partial charge in [-0.2, -0.15) is 0 Å². The van der Waals surface area contributed by atoms with E-state index in [4.69, 9.17) is 28.1 Å². The third-order valence-electron chi connectivity index (χ3n) is 13.1. The summed E-state index contributed by atoms with van der Waals surface area (Å²) >= 11 is 0. The molecule has 0 radical (unpaired) electrons. The molecule has 0 bridgehead atoms. The van der Waals surface area contributed by atoms with Crippen molar-refractivity contribution in [3.05, 3.63) is 35.8 Å². The molecule has 0 saturated heterocycles. The second-order valence-corrected chi connectivity index (χ2v) is 15.6. The van der Waals surface area contributed by atoms with Crippen LogP contribution in [0.2, 0.25) is 0 Å². The van der Waals surface area contributed by atoms with Gasteiger partial charge >= 0.3 is 29.8 Å². The number of allylic oxidation sites excluding steroid dienone is 1. The number of aliphatic hydroxyl groups excluding tert-OH is 1. The lowest BCUT2D eigenvalue weighted by molar-refractivity contribution is -0.294. The lowest BCUT2D eigenvalue weighted by Gasteiger charge is -2.71. The van der Waals surface area contributed by atoms with Crippen LogP contribution in [-0.4, -0.2) is 72.6 Å². The van der Waals surface area contributed by atoms with E-state index >= 15 is 0 Å². The molecule has 50 heavy (non-hydrogen) atoms. The highest BCUT2D eigenvalue weighted by atomic mass is 16.6. The quantitative estimate of drug-likeness (QED) is 0.218. The summed E-state index contributed by atoms with van der Waals surface area (Å²) in [5.41, 5.74) is -3.24. The van der Waals surface area contributed by atoms with Gasteiger partial charge in [0.25, 0.3) is 0 Å². The number of ether oxygens (including phenoxy) is 5. The average Bonchev–Trinajstić information content (AvgIpc) is 3.69. The first-order valence-electron chi connectivity index (χ1n) is 17.6. The Bertz CT molecular complexity index is 1550. The zero-order chi connectivity index (χ0) is 37.1. The Morgan fingerprint density at radius 1 is 0.920 bits per heavy atom. The molecule has 1 N–H and O–H groups in total. The molecule has 1 aromatic heterocycles. The highest BCUT2D eigenvalue weighted by Gasteiger charge is 2.79. The minimum absolute atomic E-state index is 0.0808. The molecule has 13 atom stereocenters. The van der Waals surface area contributed by atoms with Gasteiger partial charge in [-0.05, 0) is 43.7 Å². The van der Waals surface area contributed by atoms with E-state index in [9.17, 15) is 29.1 Å². The Kier molecular flexibility index (Phi) is 9.88. The summed E-state index contributed by atoms with van der Waals surface area (Å²) in [5.74, 6) is -5.43. The summed E-state index contributed by atoms with van der Waals surface area (Å²) in [4.78, 5) is 66.7. The van der Waals surface area contributed by atoms with Crippen LogP contribution in [-0.2, 0) is 47.7 Å². The molecule has 3 saturated carbocycles. The second-order valence-electron chi connectivity index (χ2n) is 15.6. The molecular weight excluding hydrogens is 648 g/mol. The first-order valence-corrected chi connectivity index (χ1v) is 17.6. The maximum absolute atomic E-state index is 13.9. The van der Waals surface area contributed by atoms with Gasteiger partial charge in [0.15, 0.2) is 0 Å². The second kappa shape index (κ2) is 13.1. The smallest absolute Gasteiger partial charge is 0.314 e. The van der Waals surface area contributed by atoms with Crippen LogP contribution in [0.1, 0.15) is 99.5 Å². The van der Waals surface area contributed by atoms with Crippen LogP contribution in [0.15, 0.2) is 34.7 Å². The van der Waals surface area contributed by atoms with Crippen molar-refractivity contribution >= 4 is 29.8 Å². The Balaban J connectivity index is 1.88. The lowest BCUT2D eigenvalue weighted by atomic mass is 9.35. The van der Waals surface area contributed by atoms with Crippen LogP contribution in [0.4, 0.5) is 0 Å². The molecule has 0 aromatic carbocycles. The molecule has 5 rings (SSSR count). The van der Waals surface area contributed by atoms with E-state index in [1.54, 1.807) is 26.4 Å². The van der Waals surface area contributed by atoms with Gasteiger partial charge in [0.2, 0.25) is 0 Å². The minimum atomic E-state index is -1.56. The van der Waals surface area contributed by atoms with Gasteiger partial charge < -0.3 is 33.2 Å². The van der Waals surface area contributed by atoms with Crippen LogP contribution in [0.25, 0.3) is 0 Å². The molecule has 3 unspecified atom stereocenters. The van der Waals surface area contributed by atoms with Gasteiger partial charge in [-0.15, -0.1) is 0 Å². The lowest BCUT2D eigenvalue weighted by Crippen LogP contribution is -2.76. The number of hydrogen-bond acceptors (Lipinski definition) is 12. The molecule has 1 heterocycles. The number of carbonyl (C=O) groups excluding carboxylic acids is 5. The molecule has 4 aliphatic rings. The summed E-state index contributed by atoms with van der Waals surface area (Å²) in [6.07, 6.45) is 0.845. The molecule has 276 valence electrons. The fraction of sp³-hybridized carbons (Fsp3) is 0.711. The van der Waals surface area contributed by atoms with Crippen molar-refractivity contribution in [3.8, 4) is 0 Å². The van der Waals surface area contributed by atoms with E-state index in [2.05, 4.69) is 6.08 Å². The van der Waals surface area contributed by atoms with Crippen molar-refractivity contribution in [1.82, 2.24) is 0 Å². The predicted molar refractivity (Wildman–Crippen MR) is 177 cm³/mol. The van der Waals surface area contributed by atoms with Gasteiger partial charge in [0.05, 0.1) is 37.1 Å². The molecule has 12 nitrogen and oxygen atoms in total. The van der Waals surface area contributed by atoms with Crippen molar-refractivity contribution < 1.29 is 57.2 Å².